The first-order chi connectivity index (χ1) is 11.2. The highest BCUT2D eigenvalue weighted by Crippen LogP contribution is 2.22. The van der Waals surface area contributed by atoms with E-state index in [4.69, 9.17) is 10.5 Å². The summed E-state index contributed by atoms with van der Waals surface area (Å²) >= 11 is 0. The van der Waals surface area contributed by atoms with Crippen molar-refractivity contribution in [2.75, 3.05) is 0 Å². The molecule has 0 unspecified atom stereocenters. The lowest BCUT2D eigenvalue weighted by Crippen LogP contribution is -2.40. The molecule has 1 saturated carbocycles. The molecule has 0 aliphatic heterocycles. The van der Waals surface area contributed by atoms with E-state index in [1.807, 2.05) is 42.5 Å². The van der Waals surface area contributed by atoms with Gasteiger partial charge in [-0.2, -0.15) is 0 Å². The number of hydrogen-bond acceptors (Lipinski definition) is 3. The quantitative estimate of drug-likeness (QED) is 0.908. The first-order valence-corrected chi connectivity index (χ1v) is 8.10. The molecule has 120 valence electrons. The number of amides is 1. The Morgan fingerprint density at radius 3 is 2.17 bits per heavy atom. The van der Waals surface area contributed by atoms with Gasteiger partial charge in [-0.05, 0) is 62.1 Å². The van der Waals surface area contributed by atoms with Crippen LogP contribution in [-0.2, 0) is 0 Å². The normalized spacial score (nSPS) is 20.7. The molecule has 1 fully saturated rings. The number of benzene rings is 2. The van der Waals surface area contributed by atoms with Crippen molar-refractivity contribution in [1.82, 2.24) is 5.32 Å². The predicted octanol–water partition coefficient (Wildman–Crippen LogP) is 3.48. The monoisotopic (exact) mass is 310 g/mol. The van der Waals surface area contributed by atoms with Gasteiger partial charge in [0.2, 0.25) is 0 Å². The maximum Gasteiger partial charge on any atom is 0.251 e. The molecule has 3 N–H and O–H groups in total. The van der Waals surface area contributed by atoms with Gasteiger partial charge in [0.1, 0.15) is 11.5 Å². The Labute approximate surface area is 136 Å². The number of para-hydroxylation sites is 1. The lowest BCUT2D eigenvalue weighted by atomic mass is 9.91. The minimum Gasteiger partial charge on any atom is -0.457 e. The van der Waals surface area contributed by atoms with Crippen LogP contribution in [0.4, 0.5) is 0 Å². The van der Waals surface area contributed by atoms with Gasteiger partial charge in [0.15, 0.2) is 0 Å². The van der Waals surface area contributed by atoms with Crippen LogP contribution in [0, 0.1) is 0 Å². The van der Waals surface area contributed by atoms with Gasteiger partial charge in [-0.1, -0.05) is 18.2 Å². The molecule has 1 amide bonds. The minimum atomic E-state index is -0.0308. The van der Waals surface area contributed by atoms with Gasteiger partial charge >= 0.3 is 0 Å². The van der Waals surface area contributed by atoms with Crippen LogP contribution in [0.15, 0.2) is 54.6 Å². The number of rotatable bonds is 4. The van der Waals surface area contributed by atoms with Crippen LogP contribution in [-0.4, -0.2) is 18.0 Å². The van der Waals surface area contributed by atoms with Crippen LogP contribution in [0.5, 0.6) is 11.5 Å². The highest BCUT2D eigenvalue weighted by Gasteiger charge is 2.20. The van der Waals surface area contributed by atoms with E-state index in [2.05, 4.69) is 5.32 Å². The molecule has 0 radical (unpaired) electrons. The smallest absolute Gasteiger partial charge is 0.251 e. The van der Waals surface area contributed by atoms with Gasteiger partial charge in [0.25, 0.3) is 5.91 Å². The van der Waals surface area contributed by atoms with Crippen molar-refractivity contribution in [1.29, 1.82) is 0 Å². The summed E-state index contributed by atoms with van der Waals surface area (Å²) in [7, 11) is 0. The van der Waals surface area contributed by atoms with Crippen LogP contribution in [0.25, 0.3) is 0 Å². The number of carbonyl (C=O) groups excluding carboxylic acids is 1. The van der Waals surface area contributed by atoms with E-state index < -0.39 is 0 Å². The Hall–Kier alpha value is -2.33. The topological polar surface area (TPSA) is 64.3 Å². The largest absolute Gasteiger partial charge is 0.457 e. The lowest BCUT2D eigenvalue weighted by Gasteiger charge is -2.26. The number of hydrogen-bond donors (Lipinski definition) is 2. The Balaban J connectivity index is 1.57. The average molecular weight is 310 g/mol. The molecular weight excluding hydrogens is 288 g/mol. The van der Waals surface area contributed by atoms with Crippen molar-refractivity contribution < 1.29 is 9.53 Å². The third kappa shape index (κ3) is 4.33. The van der Waals surface area contributed by atoms with Gasteiger partial charge in [-0.15, -0.1) is 0 Å². The summed E-state index contributed by atoms with van der Waals surface area (Å²) in [4.78, 5) is 12.3. The zero-order valence-electron chi connectivity index (χ0n) is 13.1. The van der Waals surface area contributed by atoms with Gasteiger partial charge in [-0.25, -0.2) is 0 Å². The maximum absolute atomic E-state index is 12.3. The van der Waals surface area contributed by atoms with Crippen LogP contribution >= 0.6 is 0 Å². The SMILES string of the molecule is NC1CCC(NC(=O)c2ccc(Oc3ccccc3)cc2)CC1. The molecule has 0 heterocycles. The summed E-state index contributed by atoms with van der Waals surface area (Å²) in [5.41, 5.74) is 6.55. The molecule has 0 spiro atoms. The molecule has 23 heavy (non-hydrogen) atoms. The van der Waals surface area contributed by atoms with Crippen molar-refractivity contribution in [3.8, 4) is 11.5 Å². The van der Waals surface area contributed by atoms with Gasteiger partial charge in [-0.3, -0.25) is 4.79 Å². The van der Waals surface area contributed by atoms with E-state index in [1.54, 1.807) is 12.1 Å². The van der Waals surface area contributed by atoms with Gasteiger partial charge < -0.3 is 15.8 Å². The van der Waals surface area contributed by atoms with E-state index in [0.717, 1.165) is 37.2 Å². The van der Waals surface area contributed by atoms with Crippen molar-refractivity contribution in [3.63, 3.8) is 0 Å². The van der Waals surface area contributed by atoms with Crippen LogP contribution in [0.1, 0.15) is 36.0 Å². The number of ether oxygens (including phenoxy) is 1. The maximum atomic E-state index is 12.3. The summed E-state index contributed by atoms with van der Waals surface area (Å²) in [5.74, 6) is 1.47. The molecule has 4 nitrogen and oxygen atoms in total. The third-order valence-corrected chi connectivity index (χ3v) is 4.20. The Kier molecular flexibility index (Phi) is 4.93. The molecule has 2 aromatic carbocycles. The summed E-state index contributed by atoms with van der Waals surface area (Å²) < 4.78 is 5.73. The first kappa shape index (κ1) is 15.6. The van der Waals surface area contributed by atoms with Crippen LogP contribution in [0.3, 0.4) is 0 Å². The van der Waals surface area contributed by atoms with E-state index in [1.165, 1.54) is 0 Å². The molecule has 1 aliphatic carbocycles. The summed E-state index contributed by atoms with van der Waals surface area (Å²) in [6.07, 6.45) is 3.88. The molecular formula is C19H22N2O2. The zero-order valence-corrected chi connectivity index (χ0v) is 13.1. The highest BCUT2D eigenvalue weighted by atomic mass is 16.5. The van der Waals surface area contributed by atoms with Crippen LogP contribution < -0.4 is 15.8 Å². The summed E-state index contributed by atoms with van der Waals surface area (Å²) in [6.45, 7) is 0. The molecule has 2 aromatic rings. The van der Waals surface area contributed by atoms with Gasteiger partial charge in [0.05, 0.1) is 0 Å². The van der Waals surface area contributed by atoms with Crippen molar-refractivity contribution in [2.45, 2.75) is 37.8 Å². The highest BCUT2D eigenvalue weighted by molar-refractivity contribution is 5.94. The fraction of sp³-hybridized carbons (Fsp3) is 0.316. The number of nitrogens with two attached hydrogens (primary N) is 1. The molecule has 0 saturated heterocycles. The van der Waals surface area contributed by atoms with E-state index >= 15 is 0 Å². The second kappa shape index (κ2) is 7.29. The average Bonchev–Trinajstić information content (AvgIpc) is 2.58. The van der Waals surface area contributed by atoms with E-state index in [9.17, 15) is 4.79 Å². The van der Waals surface area contributed by atoms with Gasteiger partial charge in [0, 0.05) is 17.6 Å². The van der Waals surface area contributed by atoms with E-state index in [0.29, 0.717) is 5.56 Å². The molecule has 3 rings (SSSR count). The summed E-state index contributed by atoms with van der Waals surface area (Å²) in [6, 6.07) is 17.3. The second-order valence-electron chi connectivity index (χ2n) is 6.02. The fourth-order valence-electron chi connectivity index (χ4n) is 2.83. The second-order valence-corrected chi connectivity index (χ2v) is 6.02. The molecule has 0 atom stereocenters. The first-order valence-electron chi connectivity index (χ1n) is 8.10. The molecule has 4 heteroatoms. The molecule has 1 aliphatic rings. The van der Waals surface area contributed by atoms with Crippen molar-refractivity contribution in [3.05, 3.63) is 60.2 Å². The predicted molar refractivity (Wildman–Crippen MR) is 90.7 cm³/mol. The lowest BCUT2D eigenvalue weighted by molar-refractivity contribution is 0.0926. The van der Waals surface area contributed by atoms with Crippen LogP contribution in [0.2, 0.25) is 0 Å². The minimum absolute atomic E-state index is 0.0308. The third-order valence-electron chi connectivity index (χ3n) is 4.20. The van der Waals surface area contributed by atoms with Crippen molar-refractivity contribution in [2.24, 2.45) is 5.73 Å². The summed E-state index contributed by atoms with van der Waals surface area (Å²) in [5, 5.41) is 3.09. The fourth-order valence-corrected chi connectivity index (χ4v) is 2.83. The van der Waals surface area contributed by atoms with E-state index in [-0.39, 0.29) is 18.0 Å². The Morgan fingerprint density at radius 1 is 0.913 bits per heavy atom. The van der Waals surface area contributed by atoms with Crippen molar-refractivity contribution >= 4 is 5.91 Å². The standard InChI is InChI=1S/C19H22N2O2/c20-15-8-10-16(11-9-15)21-19(22)14-6-12-18(13-7-14)23-17-4-2-1-3-5-17/h1-7,12-13,15-16H,8-11,20H2,(H,21,22). The zero-order chi connectivity index (χ0) is 16.1. The number of nitrogens with one attached hydrogen (secondary N) is 1. The number of carbonyl (C=O) groups is 1. The molecule has 0 bridgehead atoms. The molecule has 0 aromatic heterocycles. The Bertz CT molecular complexity index is 632. The Morgan fingerprint density at radius 2 is 1.52 bits per heavy atom.